The highest BCUT2D eigenvalue weighted by molar-refractivity contribution is 5.93. The van der Waals surface area contributed by atoms with Gasteiger partial charge in [-0.2, -0.15) is 4.73 Å². The van der Waals surface area contributed by atoms with E-state index >= 15 is 0 Å². The van der Waals surface area contributed by atoms with Gasteiger partial charge in [0.2, 0.25) is 0 Å². The van der Waals surface area contributed by atoms with Gasteiger partial charge < -0.3 is 20.4 Å². The SMILES string of the molecule is CNC(=O)c1c(COC(=O)/C=C/c2ccc(O)cc2)n(O)c2ccccc2[n+]1=O. The van der Waals surface area contributed by atoms with Gasteiger partial charge >= 0.3 is 17.6 Å². The molecular formula is C20H18N3O6+. The molecule has 0 radical (unpaired) electrons. The molecule has 3 aromatic rings. The Morgan fingerprint density at radius 2 is 1.86 bits per heavy atom. The number of nitrogens with zero attached hydrogens (tertiary/aromatic N) is 2. The molecule has 3 N–H and O–H groups in total. The van der Waals surface area contributed by atoms with Crippen molar-refractivity contribution in [2.45, 2.75) is 6.61 Å². The number of phenols is 1. The van der Waals surface area contributed by atoms with Gasteiger partial charge in [0.15, 0.2) is 11.2 Å². The number of phenolic OH excluding ortho intramolecular Hbond substituents is 1. The third-order valence-electron chi connectivity index (χ3n) is 4.16. The molecule has 1 heterocycles. The predicted molar refractivity (Wildman–Crippen MR) is 103 cm³/mol. The van der Waals surface area contributed by atoms with E-state index in [-0.39, 0.29) is 28.2 Å². The Morgan fingerprint density at radius 1 is 1.17 bits per heavy atom. The number of para-hydroxylation sites is 2. The van der Waals surface area contributed by atoms with Crippen LogP contribution in [0.1, 0.15) is 21.7 Å². The second kappa shape index (κ2) is 8.26. The van der Waals surface area contributed by atoms with Gasteiger partial charge in [-0.1, -0.05) is 24.3 Å². The highest BCUT2D eigenvalue weighted by Crippen LogP contribution is 2.15. The quantitative estimate of drug-likeness (QED) is 0.261. The summed E-state index contributed by atoms with van der Waals surface area (Å²) >= 11 is 0. The van der Waals surface area contributed by atoms with E-state index in [1.165, 1.54) is 37.4 Å². The number of hydrogen-bond donors (Lipinski definition) is 3. The molecule has 9 heteroatoms. The van der Waals surface area contributed by atoms with E-state index in [1.807, 2.05) is 0 Å². The number of fused-ring (bicyclic) bond motifs is 1. The predicted octanol–water partition coefficient (Wildman–Crippen LogP) is 1.61. The van der Waals surface area contributed by atoms with Crippen molar-refractivity contribution < 1.29 is 29.1 Å². The summed E-state index contributed by atoms with van der Waals surface area (Å²) < 4.78 is 6.15. The monoisotopic (exact) mass is 396 g/mol. The van der Waals surface area contributed by atoms with Gasteiger partial charge in [0.25, 0.3) is 5.52 Å². The Labute approximate surface area is 164 Å². The zero-order valence-corrected chi connectivity index (χ0v) is 15.4. The standard InChI is InChI=1S/C20H17N3O6/c1-21-20(26)19-17(22(27)15-4-2-3-5-16(15)23(19)28)12-29-18(25)11-8-13-6-9-14(24)10-7-13/h2-11,27H,12H2,1H3,(H-,21,24,25,26)/p+1. The van der Waals surface area contributed by atoms with Crippen molar-refractivity contribution in [3.63, 3.8) is 0 Å². The van der Waals surface area contributed by atoms with E-state index in [9.17, 15) is 24.8 Å². The van der Waals surface area contributed by atoms with Gasteiger partial charge in [-0.3, -0.25) is 4.79 Å². The lowest BCUT2D eigenvalue weighted by atomic mass is 10.2. The summed E-state index contributed by atoms with van der Waals surface area (Å²) in [5.74, 6) is -1.38. The summed E-state index contributed by atoms with van der Waals surface area (Å²) in [7, 11) is 1.34. The Hall–Kier alpha value is -4.14. The number of rotatable bonds is 5. The second-order valence-corrected chi connectivity index (χ2v) is 6.00. The van der Waals surface area contributed by atoms with Crippen LogP contribution in [-0.4, -0.2) is 34.0 Å². The molecule has 9 nitrogen and oxygen atoms in total. The van der Waals surface area contributed by atoms with Crippen LogP contribution in [-0.2, 0) is 16.1 Å². The first-order valence-electron chi connectivity index (χ1n) is 8.56. The fraction of sp³-hybridized carbons (Fsp3) is 0.100. The molecule has 0 atom stereocenters. The van der Waals surface area contributed by atoms with Crippen LogP contribution >= 0.6 is 0 Å². The molecule has 0 spiro atoms. The van der Waals surface area contributed by atoms with E-state index in [4.69, 9.17) is 4.74 Å². The summed E-state index contributed by atoms with van der Waals surface area (Å²) in [5, 5.41) is 22.1. The molecule has 1 amide bonds. The highest BCUT2D eigenvalue weighted by Gasteiger charge is 2.31. The van der Waals surface area contributed by atoms with Gasteiger partial charge in [0.1, 0.15) is 12.4 Å². The Bertz CT molecular complexity index is 1170. The van der Waals surface area contributed by atoms with E-state index in [2.05, 4.69) is 5.32 Å². The molecule has 0 saturated heterocycles. The van der Waals surface area contributed by atoms with Crippen LogP contribution in [0.5, 0.6) is 5.75 Å². The number of aromatic hydroxyl groups is 1. The molecular weight excluding hydrogens is 378 g/mol. The lowest BCUT2D eigenvalue weighted by Crippen LogP contribution is -2.36. The molecule has 0 aliphatic carbocycles. The maximum Gasteiger partial charge on any atom is 0.353 e. The normalized spacial score (nSPS) is 10.9. The van der Waals surface area contributed by atoms with Crippen LogP contribution in [0.25, 0.3) is 17.1 Å². The molecule has 148 valence electrons. The molecule has 0 saturated carbocycles. The highest BCUT2D eigenvalue weighted by atomic mass is 16.5. The van der Waals surface area contributed by atoms with Crippen LogP contribution in [0, 0.1) is 4.91 Å². The van der Waals surface area contributed by atoms with E-state index in [0.29, 0.717) is 14.7 Å². The van der Waals surface area contributed by atoms with Crippen molar-refractivity contribution in [1.82, 2.24) is 10.0 Å². The minimum Gasteiger partial charge on any atom is -0.508 e. The second-order valence-electron chi connectivity index (χ2n) is 6.00. The van der Waals surface area contributed by atoms with E-state index in [1.54, 1.807) is 24.3 Å². The van der Waals surface area contributed by atoms with Crippen molar-refractivity contribution in [1.29, 1.82) is 0 Å². The molecule has 3 rings (SSSR count). The first-order chi connectivity index (χ1) is 13.9. The molecule has 0 bridgehead atoms. The van der Waals surface area contributed by atoms with Crippen molar-refractivity contribution in [2.24, 2.45) is 0 Å². The van der Waals surface area contributed by atoms with Crippen LogP contribution in [0.15, 0.2) is 54.6 Å². The maximum absolute atomic E-state index is 12.6. The lowest BCUT2D eigenvalue weighted by Gasteiger charge is -2.09. The van der Waals surface area contributed by atoms with Gasteiger partial charge in [0.05, 0.1) is 4.43 Å². The van der Waals surface area contributed by atoms with Crippen LogP contribution in [0.4, 0.5) is 0 Å². The third kappa shape index (κ3) is 4.08. The molecule has 0 aliphatic heterocycles. The smallest absolute Gasteiger partial charge is 0.353 e. The number of aromatic nitrogens is 2. The van der Waals surface area contributed by atoms with Crippen molar-refractivity contribution in [3.05, 3.63) is 76.5 Å². The fourth-order valence-corrected chi connectivity index (χ4v) is 2.71. The van der Waals surface area contributed by atoms with Gasteiger partial charge in [-0.15, -0.1) is 0 Å². The third-order valence-corrected chi connectivity index (χ3v) is 4.16. The Kier molecular flexibility index (Phi) is 5.59. The Balaban J connectivity index is 1.90. The van der Waals surface area contributed by atoms with Crippen molar-refractivity contribution in [2.75, 3.05) is 7.05 Å². The van der Waals surface area contributed by atoms with Crippen molar-refractivity contribution >= 4 is 29.0 Å². The fourth-order valence-electron chi connectivity index (χ4n) is 2.71. The minimum absolute atomic E-state index is 0.0795. The van der Waals surface area contributed by atoms with Crippen LogP contribution in [0.2, 0.25) is 0 Å². The summed E-state index contributed by atoms with van der Waals surface area (Å²) in [4.78, 5) is 36.9. The number of carbonyl (C=O) groups is 2. The number of esters is 1. The number of carbonyl (C=O) groups excluding carboxylic acids is 2. The first-order valence-corrected chi connectivity index (χ1v) is 8.56. The average Bonchev–Trinajstić information content (AvgIpc) is 2.74. The number of nitrogens with one attached hydrogen (secondary N) is 1. The largest absolute Gasteiger partial charge is 0.508 e. The summed E-state index contributed by atoms with van der Waals surface area (Å²) in [5.41, 5.74) is 0.330. The summed E-state index contributed by atoms with van der Waals surface area (Å²) in [6, 6.07) is 12.3. The zero-order chi connectivity index (χ0) is 21.0. The minimum atomic E-state index is -0.744. The molecule has 2 aromatic carbocycles. The number of amides is 1. The first kappa shape index (κ1) is 19.6. The zero-order valence-electron chi connectivity index (χ0n) is 15.4. The average molecular weight is 396 g/mol. The van der Waals surface area contributed by atoms with Crippen molar-refractivity contribution in [3.8, 4) is 5.75 Å². The van der Waals surface area contributed by atoms with Gasteiger partial charge in [-0.05, 0) is 29.8 Å². The van der Waals surface area contributed by atoms with Gasteiger partial charge in [0, 0.05) is 24.1 Å². The summed E-state index contributed by atoms with van der Waals surface area (Å²) in [6.45, 7) is -0.509. The maximum atomic E-state index is 12.6. The number of ether oxygens (including phenoxy) is 1. The molecule has 0 fully saturated rings. The van der Waals surface area contributed by atoms with Gasteiger partial charge in [-0.25, -0.2) is 4.79 Å². The molecule has 0 unspecified atom stereocenters. The number of hydrogen-bond acceptors (Lipinski definition) is 6. The molecule has 29 heavy (non-hydrogen) atoms. The van der Waals surface area contributed by atoms with E-state index < -0.39 is 18.5 Å². The topological polar surface area (TPSA) is 124 Å². The van der Waals surface area contributed by atoms with Crippen LogP contribution < -0.4 is 9.74 Å². The molecule has 0 aliphatic rings. The molecule has 1 aromatic heterocycles. The van der Waals surface area contributed by atoms with E-state index in [0.717, 1.165) is 6.08 Å². The summed E-state index contributed by atoms with van der Waals surface area (Å²) in [6.07, 6.45) is 2.63. The van der Waals surface area contributed by atoms with Crippen LogP contribution in [0.3, 0.4) is 0 Å². The lowest BCUT2D eigenvalue weighted by molar-refractivity contribution is -0.469. The number of benzene rings is 2. The Morgan fingerprint density at radius 3 is 2.55 bits per heavy atom.